The van der Waals surface area contributed by atoms with E-state index in [2.05, 4.69) is 23.8 Å². The van der Waals surface area contributed by atoms with Crippen molar-refractivity contribution in [2.45, 2.75) is 19.5 Å². The molecule has 0 aliphatic heterocycles. The van der Waals surface area contributed by atoms with Crippen LogP contribution in [0.5, 0.6) is 5.88 Å². The molecule has 1 N–H and O–H groups in total. The van der Waals surface area contributed by atoms with Gasteiger partial charge in [0.2, 0.25) is 5.88 Å². The highest BCUT2D eigenvalue weighted by Gasteiger charge is 2.03. The van der Waals surface area contributed by atoms with E-state index < -0.39 is 0 Å². The lowest BCUT2D eigenvalue weighted by Gasteiger charge is -2.10. The average Bonchev–Trinajstić information content (AvgIpc) is 2.26. The van der Waals surface area contributed by atoms with Gasteiger partial charge in [-0.1, -0.05) is 12.1 Å². The third kappa shape index (κ3) is 2.85. The van der Waals surface area contributed by atoms with Crippen molar-refractivity contribution in [3.8, 4) is 5.88 Å². The lowest BCUT2D eigenvalue weighted by Crippen LogP contribution is -2.23. The van der Waals surface area contributed by atoms with Crippen LogP contribution in [0.25, 0.3) is 0 Å². The van der Waals surface area contributed by atoms with E-state index in [1.54, 1.807) is 13.3 Å². The molecule has 3 nitrogen and oxygen atoms in total. The fraction of sp³-hybridized carbons (Fsp3) is 0.364. The Morgan fingerprint density at radius 1 is 1.71 bits per heavy atom. The maximum absolute atomic E-state index is 5.13. The van der Waals surface area contributed by atoms with Gasteiger partial charge < -0.3 is 10.1 Å². The van der Waals surface area contributed by atoms with Crippen molar-refractivity contribution in [3.63, 3.8) is 0 Å². The van der Waals surface area contributed by atoms with Gasteiger partial charge in [-0.05, 0) is 13.0 Å². The molecule has 0 radical (unpaired) electrons. The number of pyridine rings is 1. The number of nitrogens with zero attached hydrogens (tertiary/aromatic N) is 1. The summed E-state index contributed by atoms with van der Waals surface area (Å²) in [4.78, 5) is 4.11. The first-order chi connectivity index (χ1) is 6.77. The molecule has 0 bridgehead atoms. The van der Waals surface area contributed by atoms with E-state index in [-0.39, 0.29) is 0 Å². The minimum atomic E-state index is 0.292. The first-order valence-electron chi connectivity index (χ1n) is 4.61. The highest BCUT2D eigenvalue weighted by atomic mass is 16.5. The van der Waals surface area contributed by atoms with Gasteiger partial charge in [0.25, 0.3) is 0 Å². The van der Waals surface area contributed by atoms with E-state index in [9.17, 15) is 0 Å². The molecule has 1 aromatic rings. The number of hydrogen-bond acceptors (Lipinski definition) is 3. The van der Waals surface area contributed by atoms with Crippen LogP contribution in [0.2, 0.25) is 0 Å². The molecule has 1 atom stereocenters. The van der Waals surface area contributed by atoms with Crippen LogP contribution in [0.15, 0.2) is 31.0 Å². The molecule has 1 rings (SSSR count). The molecule has 1 heterocycles. The molecule has 3 heteroatoms. The van der Waals surface area contributed by atoms with Crippen molar-refractivity contribution < 1.29 is 4.74 Å². The summed E-state index contributed by atoms with van der Waals surface area (Å²) in [7, 11) is 1.63. The second kappa shape index (κ2) is 5.40. The molecule has 0 fully saturated rings. The standard InChI is InChI=1S/C11H16N2O/c1-4-9(2)13-8-10-6-5-7-12-11(10)14-3/h4-7,9,13H,1,8H2,2-3H3. The molecule has 0 saturated carbocycles. The van der Waals surface area contributed by atoms with Crippen molar-refractivity contribution in [2.75, 3.05) is 7.11 Å². The Balaban J connectivity index is 2.61. The molecule has 1 aromatic heterocycles. The largest absolute Gasteiger partial charge is 0.481 e. The average molecular weight is 192 g/mol. The van der Waals surface area contributed by atoms with Crippen LogP contribution in [0.1, 0.15) is 12.5 Å². The predicted octanol–water partition coefficient (Wildman–Crippen LogP) is 1.75. The maximum Gasteiger partial charge on any atom is 0.217 e. The quantitative estimate of drug-likeness (QED) is 0.722. The van der Waals surface area contributed by atoms with Gasteiger partial charge in [-0.25, -0.2) is 4.98 Å². The predicted molar refractivity (Wildman–Crippen MR) is 57.3 cm³/mol. The van der Waals surface area contributed by atoms with Gasteiger partial charge in [-0.2, -0.15) is 0 Å². The van der Waals surface area contributed by atoms with Crippen molar-refractivity contribution in [1.82, 2.24) is 10.3 Å². The Hall–Kier alpha value is -1.35. The zero-order chi connectivity index (χ0) is 10.4. The van der Waals surface area contributed by atoms with Crippen molar-refractivity contribution in [1.29, 1.82) is 0 Å². The Bertz CT molecular complexity index is 299. The second-order valence-electron chi connectivity index (χ2n) is 3.08. The summed E-state index contributed by atoms with van der Waals surface area (Å²) in [6, 6.07) is 4.19. The third-order valence-corrected chi connectivity index (χ3v) is 2.01. The lowest BCUT2D eigenvalue weighted by atomic mass is 10.2. The monoisotopic (exact) mass is 192 g/mol. The van der Waals surface area contributed by atoms with E-state index in [4.69, 9.17) is 4.74 Å². The maximum atomic E-state index is 5.13. The SMILES string of the molecule is C=CC(C)NCc1cccnc1OC. The molecule has 0 spiro atoms. The summed E-state index contributed by atoms with van der Waals surface area (Å²) < 4.78 is 5.13. The van der Waals surface area contributed by atoms with Crippen LogP contribution >= 0.6 is 0 Å². The number of methoxy groups -OCH3 is 1. The summed E-state index contributed by atoms with van der Waals surface area (Å²) in [5, 5.41) is 3.29. The van der Waals surface area contributed by atoms with E-state index in [0.717, 1.165) is 12.1 Å². The van der Waals surface area contributed by atoms with Gasteiger partial charge >= 0.3 is 0 Å². The molecule has 0 aliphatic carbocycles. The summed E-state index contributed by atoms with van der Waals surface area (Å²) in [6.07, 6.45) is 3.59. The van der Waals surface area contributed by atoms with E-state index in [0.29, 0.717) is 11.9 Å². The minimum absolute atomic E-state index is 0.292. The molecular formula is C11H16N2O. The summed E-state index contributed by atoms with van der Waals surface area (Å²) in [5.74, 6) is 0.677. The number of ether oxygens (including phenoxy) is 1. The van der Waals surface area contributed by atoms with E-state index >= 15 is 0 Å². The topological polar surface area (TPSA) is 34.2 Å². The zero-order valence-corrected chi connectivity index (χ0v) is 8.66. The Labute approximate surface area is 84.8 Å². The Morgan fingerprint density at radius 2 is 2.50 bits per heavy atom. The number of aromatic nitrogens is 1. The number of hydrogen-bond donors (Lipinski definition) is 1. The number of nitrogens with one attached hydrogen (secondary N) is 1. The van der Waals surface area contributed by atoms with Crippen LogP contribution in [0.4, 0.5) is 0 Å². The highest BCUT2D eigenvalue weighted by molar-refractivity contribution is 5.25. The van der Waals surface area contributed by atoms with Gasteiger partial charge in [-0.3, -0.25) is 0 Å². The summed E-state index contributed by atoms with van der Waals surface area (Å²) in [6.45, 7) is 6.50. The van der Waals surface area contributed by atoms with E-state index in [1.165, 1.54) is 0 Å². The van der Waals surface area contributed by atoms with Crippen LogP contribution in [0, 0.1) is 0 Å². The van der Waals surface area contributed by atoms with Crippen LogP contribution in [-0.2, 0) is 6.54 Å². The first-order valence-corrected chi connectivity index (χ1v) is 4.61. The zero-order valence-electron chi connectivity index (χ0n) is 8.66. The fourth-order valence-corrected chi connectivity index (χ4v) is 1.10. The van der Waals surface area contributed by atoms with Crippen molar-refractivity contribution in [3.05, 3.63) is 36.5 Å². The summed E-state index contributed by atoms with van der Waals surface area (Å²) in [5.41, 5.74) is 1.06. The summed E-state index contributed by atoms with van der Waals surface area (Å²) >= 11 is 0. The Morgan fingerprint density at radius 3 is 3.14 bits per heavy atom. The van der Waals surface area contributed by atoms with Crippen LogP contribution in [-0.4, -0.2) is 18.1 Å². The highest BCUT2D eigenvalue weighted by Crippen LogP contribution is 2.12. The van der Waals surface area contributed by atoms with Gasteiger partial charge in [-0.15, -0.1) is 6.58 Å². The van der Waals surface area contributed by atoms with E-state index in [1.807, 2.05) is 18.2 Å². The molecule has 1 unspecified atom stereocenters. The Kier molecular flexibility index (Phi) is 4.13. The van der Waals surface area contributed by atoms with Gasteiger partial charge in [0.05, 0.1) is 7.11 Å². The van der Waals surface area contributed by atoms with Gasteiger partial charge in [0, 0.05) is 24.3 Å². The lowest BCUT2D eigenvalue weighted by molar-refractivity contribution is 0.390. The van der Waals surface area contributed by atoms with Crippen LogP contribution < -0.4 is 10.1 Å². The van der Waals surface area contributed by atoms with Crippen molar-refractivity contribution >= 4 is 0 Å². The molecule has 0 aromatic carbocycles. The second-order valence-corrected chi connectivity index (χ2v) is 3.08. The third-order valence-electron chi connectivity index (χ3n) is 2.01. The molecule has 14 heavy (non-hydrogen) atoms. The minimum Gasteiger partial charge on any atom is -0.481 e. The van der Waals surface area contributed by atoms with Crippen molar-refractivity contribution in [2.24, 2.45) is 0 Å². The number of rotatable bonds is 5. The first kappa shape index (κ1) is 10.7. The molecule has 76 valence electrons. The molecular weight excluding hydrogens is 176 g/mol. The fourth-order valence-electron chi connectivity index (χ4n) is 1.10. The normalized spacial score (nSPS) is 12.1. The molecule has 0 saturated heterocycles. The van der Waals surface area contributed by atoms with Crippen LogP contribution in [0.3, 0.4) is 0 Å². The molecule has 0 aliphatic rings. The molecule has 0 amide bonds. The van der Waals surface area contributed by atoms with Gasteiger partial charge in [0.15, 0.2) is 0 Å². The smallest absolute Gasteiger partial charge is 0.217 e. The van der Waals surface area contributed by atoms with Gasteiger partial charge in [0.1, 0.15) is 0 Å².